The molecule has 0 aliphatic carbocycles. The fourth-order valence-corrected chi connectivity index (χ4v) is 1.50. The molecule has 2 nitrogen and oxygen atoms in total. The maximum atomic E-state index is 10.3. The van der Waals surface area contributed by atoms with Crippen LogP contribution in [-0.2, 0) is 16.0 Å². The molecule has 1 aromatic rings. The van der Waals surface area contributed by atoms with E-state index >= 15 is 0 Å². The van der Waals surface area contributed by atoms with Gasteiger partial charge in [0.05, 0.1) is 13.2 Å². The Morgan fingerprint density at radius 2 is 2.31 bits per heavy atom. The van der Waals surface area contributed by atoms with Crippen LogP contribution < -0.4 is 0 Å². The van der Waals surface area contributed by atoms with E-state index in [0.29, 0.717) is 12.3 Å². The summed E-state index contributed by atoms with van der Waals surface area (Å²) in [7, 11) is 0. The fourth-order valence-electron chi connectivity index (χ4n) is 1.50. The van der Waals surface area contributed by atoms with Gasteiger partial charge in [-0.15, -0.1) is 0 Å². The molecule has 1 heterocycles. The van der Waals surface area contributed by atoms with E-state index in [1.54, 1.807) is 0 Å². The molecule has 2 rings (SSSR count). The van der Waals surface area contributed by atoms with Crippen LogP contribution in [-0.4, -0.2) is 19.5 Å². The Hall–Kier alpha value is -1.15. The standard InChI is InChI=1S/C11H12O2/c12-5-4-9-2-1-3-10(6-9)11-7-13-8-11/h1-3,5-6,11H,4,7-8H2. The highest BCUT2D eigenvalue weighted by atomic mass is 16.5. The van der Waals surface area contributed by atoms with Crippen LogP contribution in [0.5, 0.6) is 0 Å². The Balaban J connectivity index is 2.16. The van der Waals surface area contributed by atoms with Crippen molar-refractivity contribution < 1.29 is 9.53 Å². The van der Waals surface area contributed by atoms with Crippen molar-refractivity contribution in [3.63, 3.8) is 0 Å². The monoisotopic (exact) mass is 176 g/mol. The number of aldehydes is 1. The third-order valence-corrected chi connectivity index (χ3v) is 2.38. The van der Waals surface area contributed by atoms with Gasteiger partial charge in [0.1, 0.15) is 6.29 Å². The molecule has 0 saturated carbocycles. The van der Waals surface area contributed by atoms with E-state index in [2.05, 4.69) is 12.1 Å². The first kappa shape index (κ1) is 8.45. The Morgan fingerprint density at radius 1 is 1.46 bits per heavy atom. The lowest BCUT2D eigenvalue weighted by Crippen LogP contribution is -2.25. The van der Waals surface area contributed by atoms with Crippen LogP contribution in [0, 0.1) is 0 Å². The van der Waals surface area contributed by atoms with Crippen LogP contribution in [0.2, 0.25) is 0 Å². The first-order chi connectivity index (χ1) is 6.40. The van der Waals surface area contributed by atoms with Crippen molar-refractivity contribution in [3.8, 4) is 0 Å². The van der Waals surface area contributed by atoms with Crippen molar-refractivity contribution in [2.75, 3.05) is 13.2 Å². The Bertz CT molecular complexity index is 303. The summed E-state index contributed by atoms with van der Waals surface area (Å²) >= 11 is 0. The molecule has 13 heavy (non-hydrogen) atoms. The minimum absolute atomic E-state index is 0.515. The Kier molecular flexibility index (Phi) is 2.41. The first-order valence-electron chi connectivity index (χ1n) is 4.50. The molecule has 1 aromatic carbocycles. The second kappa shape index (κ2) is 3.71. The van der Waals surface area contributed by atoms with Crippen molar-refractivity contribution in [1.82, 2.24) is 0 Å². The third-order valence-electron chi connectivity index (χ3n) is 2.38. The second-order valence-electron chi connectivity index (χ2n) is 3.35. The number of rotatable bonds is 3. The van der Waals surface area contributed by atoms with Gasteiger partial charge in [0.2, 0.25) is 0 Å². The van der Waals surface area contributed by atoms with Crippen LogP contribution in [0.4, 0.5) is 0 Å². The Morgan fingerprint density at radius 3 is 2.92 bits per heavy atom. The second-order valence-corrected chi connectivity index (χ2v) is 3.35. The van der Waals surface area contributed by atoms with Crippen LogP contribution in [0.1, 0.15) is 17.0 Å². The molecule has 1 fully saturated rings. The molecule has 0 unspecified atom stereocenters. The average Bonchev–Trinajstić information content (AvgIpc) is 2.02. The largest absolute Gasteiger partial charge is 0.380 e. The van der Waals surface area contributed by atoms with Gasteiger partial charge in [-0.3, -0.25) is 0 Å². The van der Waals surface area contributed by atoms with E-state index < -0.39 is 0 Å². The number of ether oxygens (including phenoxy) is 1. The first-order valence-corrected chi connectivity index (χ1v) is 4.50. The number of carbonyl (C=O) groups is 1. The molecule has 1 aliphatic rings. The maximum Gasteiger partial charge on any atom is 0.124 e. The molecule has 0 N–H and O–H groups in total. The minimum atomic E-state index is 0.515. The summed E-state index contributed by atoms with van der Waals surface area (Å²) in [6.07, 6.45) is 1.46. The van der Waals surface area contributed by atoms with E-state index in [0.717, 1.165) is 25.1 Å². The maximum absolute atomic E-state index is 10.3. The van der Waals surface area contributed by atoms with Crippen LogP contribution in [0.25, 0.3) is 0 Å². The van der Waals surface area contributed by atoms with Crippen molar-refractivity contribution in [1.29, 1.82) is 0 Å². The van der Waals surface area contributed by atoms with Crippen LogP contribution >= 0.6 is 0 Å². The summed E-state index contributed by atoms with van der Waals surface area (Å²) in [6, 6.07) is 8.19. The highest BCUT2D eigenvalue weighted by molar-refractivity contribution is 5.55. The highest BCUT2D eigenvalue weighted by Crippen LogP contribution is 2.24. The van der Waals surface area contributed by atoms with Gasteiger partial charge in [0.15, 0.2) is 0 Å². The molecule has 68 valence electrons. The van der Waals surface area contributed by atoms with Crippen molar-refractivity contribution in [2.45, 2.75) is 12.3 Å². The molecule has 1 aliphatic heterocycles. The van der Waals surface area contributed by atoms with E-state index in [9.17, 15) is 4.79 Å². The quantitative estimate of drug-likeness (QED) is 0.653. The number of benzene rings is 1. The Labute approximate surface area is 77.5 Å². The zero-order valence-electron chi connectivity index (χ0n) is 7.40. The zero-order chi connectivity index (χ0) is 9.10. The average molecular weight is 176 g/mol. The topological polar surface area (TPSA) is 26.3 Å². The number of hydrogen-bond donors (Lipinski definition) is 0. The highest BCUT2D eigenvalue weighted by Gasteiger charge is 2.20. The third kappa shape index (κ3) is 1.78. The number of hydrogen-bond acceptors (Lipinski definition) is 2. The summed E-state index contributed by atoms with van der Waals surface area (Å²) in [4.78, 5) is 10.3. The summed E-state index contributed by atoms with van der Waals surface area (Å²) in [5.41, 5.74) is 2.39. The van der Waals surface area contributed by atoms with Gasteiger partial charge in [-0.05, 0) is 11.1 Å². The molecule has 2 heteroatoms. The summed E-state index contributed by atoms with van der Waals surface area (Å²) < 4.78 is 5.12. The summed E-state index contributed by atoms with van der Waals surface area (Å²) in [6.45, 7) is 1.65. The van der Waals surface area contributed by atoms with Crippen molar-refractivity contribution in [3.05, 3.63) is 35.4 Å². The van der Waals surface area contributed by atoms with Gasteiger partial charge in [-0.1, -0.05) is 24.3 Å². The van der Waals surface area contributed by atoms with Gasteiger partial charge in [-0.2, -0.15) is 0 Å². The van der Waals surface area contributed by atoms with E-state index in [1.165, 1.54) is 5.56 Å². The van der Waals surface area contributed by atoms with Gasteiger partial charge < -0.3 is 9.53 Å². The smallest absolute Gasteiger partial charge is 0.124 e. The molecule has 0 amide bonds. The molecule has 0 spiro atoms. The molecular weight excluding hydrogens is 164 g/mol. The lowest BCUT2D eigenvalue weighted by molar-refractivity contribution is -0.107. The van der Waals surface area contributed by atoms with Crippen LogP contribution in [0.15, 0.2) is 24.3 Å². The zero-order valence-corrected chi connectivity index (χ0v) is 7.40. The van der Waals surface area contributed by atoms with Gasteiger partial charge in [0.25, 0.3) is 0 Å². The van der Waals surface area contributed by atoms with Crippen molar-refractivity contribution >= 4 is 6.29 Å². The summed E-state index contributed by atoms with van der Waals surface area (Å²) in [5, 5.41) is 0. The lowest BCUT2D eigenvalue weighted by Gasteiger charge is -2.26. The fraction of sp³-hybridized carbons (Fsp3) is 0.364. The van der Waals surface area contributed by atoms with E-state index in [-0.39, 0.29) is 0 Å². The normalized spacial score (nSPS) is 16.6. The predicted molar refractivity (Wildman–Crippen MR) is 49.8 cm³/mol. The van der Waals surface area contributed by atoms with Gasteiger partial charge in [0, 0.05) is 12.3 Å². The van der Waals surface area contributed by atoms with Gasteiger partial charge in [-0.25, -0.2) is 0 Å². The molecule has 0 radical (unpaired) electrons. The molecule has 1 saturated heterocycles. The molecule has 0 aromatic heterocycles. The van der Waals surface area contributed by atoms with Crippen molar-refractivity contribution in [2.24, 2.45) is 0 Å². The van der Waals surface area contributed by atoms with Gasteiger partial charge >= 0.3 is 0 Å². The lowest BCUT2D eigenvalue weighted by atomic mass is 9.95. The SMILES string of the molecule is O=CCc1cccc(C2COC2)c1. The van der Waals surface area contributed by atoms with E-state index in [4.69, 9.17) is 4.74 Å². The van der Waals surface area contributed by atoms with E-state index in [1.807, 2.05) is 12.1 Å². The minimum Gasteiger partial charge on any atom is -0.380 e. The number of carbonyl (C=O) groups excluding carboxylic acids is 1. The van der Waals surface area contributed by atoms with Crippen LogP contribution in [0.3, 0.4) is 0 Å². The summed E-state index contributed by atoms with van der Waals surface area (Å²) in [5.74, 6) is 0.548. The molecule has 0 atom stereocenters. The molecular formula is C11H12O2. The predicted octanol–water partition coefficient (Wildman–Crippen LogP) is 1.54. The molecule has 0 bridgehead atoms.